The van der Waals surface area contributed by atoms with Crippen molar-refractivity contribution in [3.63, 3.8) is 0 Å². The summed E-state index contributed by atoms with van der Waals surface area (Å²) < 4.78 is 0.826. The summed E-state index contributed by atoms with van der Waals surface area (Å²) in [4.78, 5) is 8.61. The minimum atomic E-state index is -0.654. The molecule has 0 radical (unpaired) electrons. The lowest BCUT2D eigenvalue weighted by Gasteiger charge is -2.13. The Labute approximate surface area is 125 Å². The number of aromatic nitrogens is 2. The molecule has 2 aromatic heterocycles. The number of aliphatic hydroxyl groups excluding tert-OH is 1. The van der Waals surface area contributed by atoms with Crippen LogP contribution in [0.4, 0.5) is 0 Å². The maximum absolute atomic E-state index is 10.4. The molecule has 3 aromatic rings. The Kier molecular flexibility index (Phi) is 3.76. The monoisotopic (exact) mass is 328 g/mol. The molecule has 0 spiro atoms. The number of benzene rings is 1. The Morgan fingerprint density at radius 2 is 2.00 bits per heavy atom. The van der Waals surface area contributed by atoms with Crippen LogP contribution in [-0.2, 0) is 6.42 Å². The number of aliphatic hydroxyl groups is 1. The fraction of sp³-hybridized carbons (Fsp3) is 0.125. The molecular formula is C16H13BrN2O. The van der Waals surface area contributed by atoms with Crippen LogP contribution in [0.15, 0.2) is 59.3 Å². The Morgan fingerprint density at radius 3 is 2.80 bits per heavy atom. The van der Waals surface area contributed by atoms with Gasteiger partial charge in [-0.1, -0.05) is 24.3 Å². The van der Waals surface area contributed by atoms with Crippen LogP contribution >= 0.6 is 15.9 Å². The summed E-state index contributed by atoms with van der Waals surface area (Å²) in [5.74, 6) is 0. The quantitative estimate of drug-likeness (QED) is 0.797. The van der Waals surface area contributed by atoms with Gasteiger partial charge in [-0.05, 0) is 39.7 Å². The van der Waals surface area contributed by atoms with Crippen LogP contribution < -0.4 is 0 Å². The highest BCUT2D eigenvalue weighted by atomic mass is 79.9. The van der Waals surface area contributed by atoms with Gasteiger partial charge in [-0.25, -0.2) is 4.98 Å². The molecule has 0 aliphatic rings. The Bertz CT molecular complexity index is 731. The first-order valence-electron chi connectivity index (χ1n) is 6.36. The van der Waals surface area contributed by atoms with Gasteiger partial charge in [0.05, 0.1) is 11.2 Å². The van der Waals surface area contributed by atoms with Gasteiger partial charge in [-0.2, -0.15) is 0 Å². The van der Waals surface area contributed by atoms with Gasteiger partial charge in [-0.3, -0.25) is 4.98 Å². The van der Waals surface area contributed by atoms with Crippen molar-refractivity contribution in [2.75, 3.05) is 0 Å². The number of para-hydroxylation sites is 1. The lowest BCUT2D eigenvalue weighted by molar-refractivity contribution is 0.173. The molecule has 1 unspecified atom stereocenters. The van der Waals surface area contributed by atoms with E-state index in [1.165, 1.54) is 0 Å². The van der Waals surface area contributed by atoms with E-state index in [0.717, 1.165) is 20.9 Å². The topological polar surface area (TPSA) is 46.0 Å². The van der Waals surface area contributed by atoms with Gasteiger partial charge in [0.1, 0.15) is 6.10 Å². The van der Waals surface area contributed by atoms with Gasteiger partial charge in [0.25, 0.3) is 0 Å². The van der Waals surface area contributed by atoms with Crippen molar-refractivity contribution in [1.29, 1.82) is 0 Å². The smallest absolute Gasteiger partial charge is 0.101 e. The second-order valence-corrected chi connectivity index (χ2v) is 5.48. The van der Waals surface area contributed by atoms with Crippen molar-refractivity contribution in [2.45, 2.75) is 12.5 Å². The third-order valence-corrected chi connectivity index (χ3v) is 3.81. The van der Waals surface area contributed by atoms with Gasteiger partial charge in [0, 0.05) is 28.7 Å². The summed E-state index contributed by atoms with van der Waals surface area (Å²) in [6.45, 7) is 0. The van der Waals surface area contributed by atoms with E-state index in [1.54, 1.807) is 12.4 Å². The fourth-order valence-corrected chi connectivity index (χ4v) is 2.78. The van der Waals surface area contributed by atoms with E-state index in [9.17, 15) is 5.11 Å². The first-order chi connectivity index (χ1) is 9.74. The normalized spacial score (nSPS) is 12.5. The Balaban J connectivity index is 1.95. The molecule has 2 heterocycles. The fourth-order valence-electron chi connectivity index (χ4n) is 2.18. The number of halogens is 1. The number of nitrogens with zero attached hydrogens (tertiary/aromatic N) is 2. The zero-order valence-corrected chi connectivity index (χ0v) is 12.3. The summed E-state index contributed by atoms with van der Waals surface area (Å²) >= 11 is 3.49. The zero-order valence-electron chi connectivity index (χ0n) is 10.7. The largest absolute Gasteiger partial charge is 0.386 e. The molecule has 3 rings (SSSR count). The van der Waals surface area contributed by atoms with E-state index in [-0.39, 0.29) is 0 Å². The molecule has 20 heavy (non-hydrogen) atoms. The third-order valence-electron chi connectivity index (χ3n) is 3.17. The summed E-state index contributed by atoms with van der Waals surface area (Å²) in [6.07, 6.45) is 3.33. The van der Waals surface area contributed by atoms with Crippen molar-refractivity contribution in [3.05, 3.63) is 70.6 Å². The third kappa shape index (κ3) is 2.71. The van der Waals surface area contributed by atoms with Crippen molar-refractivity contribution < 1.29 is 5.11 Å². The molecule has 1 aromatic carbocycles. The molecular weight excluding hydrogens is 316 g/mol. The van der Waals surface area contributed by atoms with Crippen LogP contribution in [0.5, 0.6) is 0 Å². The van der Waals surface area contributed by atoms with Gasteiger partial charge in [0.15, 0.2) is 0 Å². The van der Waals surface area contributed by atoms with Crippen LogP contribution in [0, 0.1) is 0 Å². The maximum atomic E-state index is 10.4. The lowest BCUT2D eigenvalue weighted by atomic mass is 10.1. The van der Waals surface area contributed by atoms with Crippen LogP contribution in [0.2, 0.25) is 0 Å². The highest BCUT2D eigenvalue weighted by Gasteiger charge is 2.15. The first-order valence-corrected chi connectivity index (χ1v) is 7.15. The number of pyridine rings is 2. The maximum Gasteiger partial charge on any atom is 0.101 e. The van der Waals surface area contributed by atoms with E-state index in [0.29, 0.717) is 12.1 Å². The van der Waals surface area contributed by atoms with Gasteiger partial charge in [-0.15, -0.1) is 0 Å². The molecule has 0 amide bonds. The second-order valence-electron chi connectivity index (χ2n) is 4.63. The van der Waals surface area contributed by atoms with Crippen molar-refractivity contribution in [2.24, 2.45) is 0 Å². The molecule has 0 aliphatic heterocycles. The van der Waals surface area contributed by atoms with Gasteiger partial charge < -0.3 is 5.11 Å². The van der Waals surface area contributed by atoms with E-state index >= 15 is 0 Å². The Hall–Kier alpha value is -1.78. The molecule has 0 aliphatic carbocycles. The van der Waals surface area contributed by atoms with Crippen LogP contribution in [0.25, 0.3) is 10.9 Å². The van der Waals surface area contributed by atoms with E-state index < -0.39 is 6.10 Å². The average molecular weight is 329 g/mol. The summed E-state index contributed by atoms with van der Waals surface area (Å²) in [6, 6.07) is 13.7. The molecule has 0 bridgehead atoms. The molecule has 1 N–H and O–H groups in total. The number of fused-ring (bicyclic) bond motifs is 1. The molecule has 3 nitrogen and oxygen atoms in total. The molecule has 1 atom stereocenters. The highest BCUT2D eigenvalue weighted by molar-refractivity contribution is 9.10. The van der Waals surface area contributed by atoms with Gasteiger partial charge in [0.2, 0.25) is 0 Å². The standard InChI is InChI=1S/C16H13BrN2O/c17-13-9-12-5-1-2-6-14(12)19-16(13)15(20)8-11-4-3-7-18-10-11/h1-7,9-10,15,20H,8H2. The number of rotatable bonds is 3. The SMILES string of the molecule is OC(Cc1cccnc1)c1nc2ccccc2cc1Br. The first kappa shape index (κ1) is 13.2. The number of hydrogen-bond acceptors (Lipinski definition) is 3. The average Bonchev–Trinajstić information content (AvgIpc) is 2.47. The van der Waals surface area contributed by atoms with E-state index in [4.69, 9.17) is 0 Å². The minimum absolute atomic E-state index is 0.498. The zero-order chi connectivity index (χ0) is 13.9. The van der Waals surface area contributed by atoms with Crippen molar-refractivity contribution in [1.82, 2.24) is 9.97 Å². The Morgan fingerprint density at radius 1 is 1.15 bits per heavy atom. The van der Waals surface area contributed by atoms with Crippen molar-refractivity contribution in [3.8, 4) is 0 Å². The van der Waals surface area contributed by atoms with E-state index in [1.807, 2.05) is 42.5 Å². The molecule has 4 heteroatoms. The van der Waals surface area contributed by atoms with Gasteiger partial charge >= 0.3 is 0 Å². The second kappa shape index (κ2) is 5.69. The van der Waals surface area contributed by atoms with Crippen LogP contribution in [0.3, 0.4) is 0 Å². The lowest BCUT2D eigenvalue weighted by Crippen LogP contribution is -2.05. The van der Waals surface area contributed by atoms with Crippen molar-refractivity contribution >= 4 is 26.8 Å². The predicted molar refractivity (Wildman–Crippen MR) is 82.3 cm³/mol. The summed E-state index contributed by atoms with van der Waals surface area (Å²) in [5, 5.41) is 11.4. The molecule has 100 valence electrons. The number of hydrogen-bond donors (Lipinski definition) is 1. The summed E-state index contributed by atoms with van der Waals surface area (Å²) in [7, 11) is 0. The summed E-state index contributed by atoms with van der Waals surface area (Å²) in [5.41, 5.74) is 2.53. The minimum Gasteiger partial charge on any atom is -0.386 e. The predicted octanol–water partition coefficient (Wildman–Crippen LogP) is 3.67. The molecule has 0 fully saturated rings. The molecule has 0 saturated carbocycles. The highest BCUT2D eigenvalue weighted by Crippen LogP contribution is 2.27. The van der Waals surface area contributed by atoms with Crippen LogP contribution in [0.1, 0.15) is 17.4 Å². The molecule has 0 saturated heterocycles. The van der Waals surface area contributed by atoms with Crippen LogP contribution in [-0.4, -0.2) is 15.1 Å². The van der Waals surface area contributed by atoms with E-state index in [2.05, 4.69) is 25.9 Å².